The van der Waals surface area contributed by atoms with Crippen LogP contribution in [-0.4, -0.2) is 61.1 Å². The number of nitrogens with one attached hydrogen (secondary N) is 1. The fourth-order valence-electron chi connectivity index (χ4n) is 5.50. The number of rotatable bonds is 7. The first kappa shape index (κ1) is 24.2. The molecule has 0 bridgehead atoms. The third-order valence-electron chi connectivity index (χ3n) is 7.28. The summed E-state index contributed by atoms with van der Waals surface area (Å²) in [6.07, 6.45) is 1.13. The molecule has 6 rings (SSSR count). The lowest BCUT2D eigenvalue weighted by Crippen LogP contribution is -2.46. The van der Waals surface area contributed by atoms with Crippen molar-refractivity contribution in [3.05, 3.63) is 71.3 Å². The van der Waals surface area contributed by atoms with Crippen LogP contribution in [0.3, 0.4) is 0 Å². The molecule has 0 amide bonds. The van der Waals surface area contributed by atoms with Crippen LogP contribution in [-0.2, 0) is 4.74 Å². The molecule has 194 valence electrons. The molecular weight excluding hydrogens is 480 g/mol. The number of nitrogens with zero attached hydrogens (tertiary/aromatic N) is 3. The largest absolute Gasteiger partial charge is 0.462 e. The molecule has 38 heavy (non-hydrogen) atoms. The van der Waals surface area contributed by atoms with Crippen molar-refractivity contribution in [3.8, 4) is 11.3 Å². The Balaban J connectivity index is 1.48. The van der Waals surface area contributed by atoms with Gasteiger partial charge in [-0.15, -0.1) is 0 Å². The summed E-state index contributed by atoms with van der Waals surface area (Å²) in [5, 5.41) is 8.66. The monoisotopic (exact) mass is 510 g/mol. The Kier molecular flexibility index (Phi) is 6.33. The number of ether oxygens (including phenoxy) is 1. The van der Waals surface area contributed by atoms with Crippen LogP contribution >= 0.6 is 0 Å². The summed E-state index contributed by atoms with van der Waals surface area (Å²) in [4.78, 5) is 31.0. The van der Waals surface area contributed by atoms with Crippen LogP contribution in [0, 0.1) is 0 Å². The van der Waals surface area contributed by atoms with Crippen molar-refractivity contribution in [2.45, 2.75) is 20.3 Å². The van der Waals surface area contributed by atoms with Crippen LogP contribution in [0.5, 0.6) is 0 Å². The maximum absolute atomic E-state index is 13.9. The topological polar surface area (TPSA) is 87.9 Å². The van der Waals surface area contributed by atoms with E-state index in [1.165, 1.54) is 0 Å². The Morgan fingerprint density at radius 1 is 1.03 bits per heavy atom. The van der Waals surface area contributed by atoms with Crippen molar-refractivity contribution < 1.29 is 18.8 Å². The number of piperazine rings is 1. The van der Waals surface area contributed by atoms with Gasteiger partial charge in [-0.1, -0.05) is 42.4 Å². The van der Waals surface area contributed by atoms with Crippen molar-refractivity contribution in [2.75, 3.05) is 49.5 Å². The molecule has 2 aliphatic rings. The normalized spacial score (nSPS) is 15.0. The zero-order chi connectivity index (χ0) is 26.2. The summed E-state index contributed by atoms with van der Waals surface area (Å²) < 4.78 is 11.1. The Morgan fingerprint density at radius 3 is 2.58 bits per heavy atom. The third kappa shape index (κ3) is 4.11. The van der Waals surface area contributed by atoms with Gasteiger partial charge in [-0.3, -0.25) is 9.69 Å². The maximum Gasteiger partial charge on any atom is 0.338 e. The van der Waals surface area contributed by atoms with E-state index in [-0.39, 0.29) is 11.8 Å². The predicted molar refractivity (Wildman–Crippen MR) is 148 cm³/mol. The van der Waals surface area contributed by atoms with Gasteiger partial charge in [-0.25, -0.2) is 4.79 Å². The SMILES string of the molecule is CCCN1CCN(c2cc(Nc3cccc(C(=O)OCC)c3)c3c4c(onc24)-c2ccccc2C3=O)CC1. The lowest BCUT2D eigenvalue weighted by Gasteiger charge is -2.36. The molecule has 0 spiro atoms. The highest BCUT2D eigenvalue weighted by Crippen LogP contribution is 2.46. The van der Waals surface area contributed by atoms with Crippen LogP contribution in [0.2, 0.25) is 0 Å². The number of hydrogen-bond donors (Lipinski definition) is 1. The molecule has 2 heterocycles. The van der Waals surface area contributed by atoms with Crippen LogP contribution in [0.1, 0.15) is 46.5 Å². The minimum Gasteiger partial charge on any atom is -0.462 e. The number of benzene rings is 3. The predicted octanol–water partition coefficient (Wildman–Crippen LogP) is 5.49. The van der Waals surface area contributed by atoms with E-state index in [2.05, 4.69) is 27.2 Å². The molecule has 0 radical (unpaired) electrons. The second kappa shape index (κ2) is 9.95. The van der Waals surface area contributed by atoms with Crippen molar-refractivity contribution >= 4 is 39.7 Å². The van der Waals surface area contributed by atoms with E-state index in [0.717, 1.165) is 55.8 Å². The molecule has 1 saturated heterocycles. The molecule has 0 unspecified atom stereocenters. The Bertz CT molecular complexity index is 1530. The highest BCUT2D eigenvalue weighted by Gasteiger charge is 2.34. The van der Waals surface area contributed by atoms with Gasteiger partial charge in [0.05, 0.1) is 34.5 Å². The summed E-state index contributed by atoms with van der Waals surface area (Å²) in [7, 11) is 0. The van der Waals surface area contributed by atoms with Crippen molar-refractivity contribution in [1.29, 1.82) is 0 Å². The maximum atomic E-state index is 13.9. The van der Waals surface area contributed by atoms with E-state index in [4.69, 9.17) is 9.26 Å². The van der Waals surface area contributed by atoms with Gasteiger partial charge >= 0.3 is 5.97 Å². The summed E-state index contributed by atoms with van der Waals surface area (Å²) in [6, 6.07) is 16.6. The third-order valence-corrected chi connectivity index (χ3v) is 7.28. The van der Waals surface area contributed by atoms with Crippen LogP contribution in [0.4, 0.5) is 17.1 Å². The molecule has 1 N–H and O–H groups in total. The minimum atomic E-state index is -0.384. The number of anilines is 3. The lowest BCUT2D eigenvalue weighted by molar-refractivity contribution is 0.0526. The number of carbonyl (C=O) groups excluding carboxylic acids is 2. The van der Waals surface area contributed by atoms with E-state index in [0.29, 0.717) is 45.9 Å². The fourth-order valence-corrected chi connectivity index (χ4v) is 5.50. The number of esters is 1. The van der Waals surface area contributed by atoms with Gasteiger partial charge in [0, 0.05) is 43.0 Å². The molecule has 0 saturated carbocycles. The summed E-state index contributed by atoms with van der Waals surface area (Å²) >= 11 is 0. The molecule has 1 aliphatic heterocycles. The van der Waals surface area contributed by atoms with E-state index in [1.54, 1.807) is 25.1 Å². The second-order valence-corrected chi connectivity index (χ2v) is 9.68. The summed E-state index contributed by atoms with van der Waals surface area (Å²) in [6.45, 7) is 9.03. The van der Waals surface area contributed by atoms with E-state index < -0.39 is 0 Å². The quantitative estimate of drug-likeness (QED) is 0.288. The van der Waals surface area contributed by atoms with Gasteiger partial charge < -0.3 is 19.5 Å². The molecular formula is C30H30N4O4. The zero-order valence-corrected chi connectivity index (χ0v) is 21.6. The van der Waals surface area contributed by atoms with Crippen LogP contribution < -0.4 is 10.2 Å². The van der Waals surface area contributed by atoms with E-state index in [1.807, 2.05) is 36.4 Å². The van der Waals surface area contributed by atoms with Gasteiger partial charge in [0.25, 0.3) is 0 Å². The first-order chi connectivity index (χ1) is 18.6. The Labute approximate surface area is 221 Å². The first-order valence-electron chi connectivity index (χ1n) is 13.2. The second-order valence-electron chi connectivity index (χ2n) is 9.68. The molecule has 1 aromatic heterocycles. The number of ketones is 1. The van der Waals surface area contributed by atoms with Crippen LogP contribution in [0.25, 0.3) is 22.2 Å². The van der Waals surface area contributed by atoms with Crippen molar-refractivity contribution in [2.24, 2.45) is 0 Å². The molecule has 8 nitrogen and oxygen atoms in total. The van der Waals surface area contributed by atoms with Gasteiger partial charge in [-0.05, 0) is 44.2 Å². The Morgan fingerprint density at radius 2 is 1.82 bits per heavy atom. The van der Waals surface area contributed by atoms with Gasteiger partial charge in [-0.2, -0.15) is 0 Å². The highest BCUT2D eigenvalue weighted by atomic mass is 16.5. The summed E-state index contributed by atoms with van der Waals surface area (Å²) in [5.41, 5.74) is 5.31. The number of hydrogen-bond acceptors (Lipinski definition) is 8. The van der Waals surface area contributed by atoms with E-state index >= 15 is 0 Å². The molecule has 1 aliphatic carbocycles. The van der Waals surface area contributed by atoms with Gasteiger partial charge in [0.2, 0.25) is 0 Å². The Hall–Kier alpha value is -4.17. The summed E-state index contributed by atoms with van der Waals surface area (Å²) in [5.74, 6) is 0.148. The average Bonchev–Trinajstić information content (AvgIpc) is 3.38. The fraction of sp³-hybridized carbons (Fsp3) is 0.300. The van der Waals surface area contributed by atoms with E-state index in [9.17, 15) is 9.59 Å². The van der Waals surface area contributed by atoms with Crippen molar-refractivity contribution in [3.63, 3.8) is 0 Å². The first-order valence-corrected chi connectivity index (χ1v) is 13.2. The zero-order valence-electron chi connectivity index (χ0n) is 21.6. The molecule has 8 heteroatoms. The number of carbonyl (C=O) groups is 2. The molecule has 4 aromatic rings. The number of aromatic nitrogens is 1. The average molecular weight is 511 g/mol. The van der Waals surface area contributed by atoms with Crippen LogP contribution in [0.15, 0.2) is 59.1 Å². The lowest BCUT2D eigenvalue weighted by atomic mass is 9.86. The number of fused-ring (bicyclic) bond motifs is 2. The van der Waals surface area contributed by atoms with Gasteiger partial charge in [0.1, 0.15) is 5.52 Å². The standard InChI is InChI=1S/C30H30N4O4/c1-3-12-33-13-15-34(16-14-33)24-18-23(31-20-9-7-8-19(17-20)30(36)37-4-2)25-26-27(24)32-38-29(26)22-11-6-5-10-21(22)28(25)35/h5-11,17-18,31H,3-4,12-16H2,1-2H3. The molecule has 0 atom stereocenters. The smallest absolute Gasteiger partial charge is 0.338 e. The molecule has 3 aromatic carbocycles. The minimum absolute atomic E-state index is 0.0790. The van der Waals surface area contributed by atoms with Crippen molar-refractivity contribution in [1.82, 2.24) is 10.1 Å². The van der Waals surface area contributed by atoms with Gasteiger partial charge in [0.15, 0.2) is 11.5 Å². The highest BCUT2D eigenvalue weighted by molar-refractivity contribution is 6.28. The molecule has 1 fully saturated rings.